The van der Waals surface area contributed by atoms with Gasteiger partial charge in [-0.25, -0.2) is 0 Å². The van der Waals surface area contributed by atoms with E-state index in [1.807, 2.05) is 12.1 Å². The Morgan fingerprint density at radius 3 is 2.47 bits per heavy atom. The number of ether oxygens (including phenoxy) is 1. The fourth-order valence-electron chi connectivity index (χ4n) is 2.34. The molecule has 2 aromatic carbocycles. The molecule has 0 aliphatic carbocycles. The van der Waals surface area contributed by atoms with E-state index in [0.29, 0.717) is 0 Å². The third-order valence-corrected chi connectivity index (χ3v) is 3.38. The maximum absolute atomic E-state index is 5.18. The molecule has 0 N–H and O–H groups in total. The molecule has 0 saturated heterocycles. The highest BCUT2D eigenvalue weighted by Crippen LogP contribution is 2.21. The van der Waals surface area contributed by atoms with Gasteiger partial charge in [-0.05, 0) is 23.8 Å². The van der Waals surface area contributed by atoms with Crippen LogP contribution in [0.4, 0.5) is 5.69 Å². The molecule has 1 aliphatic heterocycles. The highest BCUT2D eigenvalue weighted by molar-refractivity contribution is 5.79. The summed E-state index contributed by atoms with van der Waals surface area (Å²) in [7, 11) is 1.69. The molecule has 0 fully saturated rings. The predicted molar refractivity (Wildman–Crippen MR) is 73.1 cm³/mol. The first kappa shape index (κ1) is 13.8. The van der Waals surface area contributed by atoms with Crippen molar-refractivity contribution in [1.29, 1.82) is 0 Å². The Labute approximate surface area is 124 Å². The number of hydrogen-bond donors (Lipinski definition) is 0. The van der Waals surface area contributed by atoms with Crippen LogP contribution in [0.5, 0.6) is 5.75 Å². The minimum absolute atomic E-state index is 0. The van der Waals surface area contributed by atoms with E-state index in [2.05, 4.69) is 47.2 Å². The third-order valence-electron chi connectivity index (χ3n) is 3.38. The van der Waals surface area contributed by atoms with Gasteiger partial charge in [0.2, 0.25) is 5.69 Å². The van der Waals surface area contributed by atoms with Crippen LogP contribution in [0.15, 0.2) is 48.5 Å². The first-order chi connectivity index (χ1) is 8.86. The molecule has 0 unspecified atom stereocenters. The van der Waals surface area contributed by atoms with Crippen molar-refractivity contribution in [2.24, 2.45) is 0 Å². The second kappa shape index (κ2) is 6.02. The summed E-state index contributed by atoms with van der Waals surface area (Å²) in [6.45, 7) is 1.03. The molecule has 19 heavy (non-hydrogen) atoms. The van der Waals surface area contributed by atoms with Gasteiger partial charge >= 0.3 is 0 Å². The van der Waals surface area contributed by atoms with Crippen LogP contribution in [0.1, 0.15) is 11.1 Å². The average molecular weight is 318 g/mol. The summed E-state index contributed by atoms with van der Waals surface area (Å²) < 4.78 is 7.48. The zero-order valence-corrected chi connectivity index (χ0v) is 12.4. The van der Waals surface area contributed by atoms with Crippen molar-refractivity contribution < 1.29 is 26.3 Å². The van der Waals surface area contributed by atoms with Gasteiger partial charge in [0.05, 0.1) is 7.11 Å². The Morgan fingerprint density at radius 1 is 1.00 bits per heavy atom. The summed E-state index contributed by atoms with van der Waals surface area (Å²) in [5, 5.41) is 0. The second-order valence-electron chi connectivity index (χ2n) is 4.47. The molecule has 0 atom stereocenters. The molecule has 3 heteroatoms. The third kappa shape index (κ3) is 2.87. The molecular formula is C16H16BrNO. The van der Waals surface area contributed by atoms with Crippen molar-refractivity contribution in [2.45, 2.75) is 6.42 Å². The molecule has 2 nitrogen and oxygen atoms in total. The van der Waals surface area contributed by atoms with Crippen molar-refractivity contribution in [3.63, 3.8) is 0 Å². The number of fused-ring (bicyclic) bond motifs is 1. The number of hydrogen-bond acceptors (Lipinski definition) is 1. The van der Waals surface area contributed by atoms with Gasteiger partial charge in [-0.1, -0.05) is 18.2 Å². The van der Waals surface area contributed by atoms with Crippen molar-refractivity contribution in [1.82, 2.24) is 0 Å². The van der Waals surface area contributed by atoms with Crippen LogP contribution in [0.25, 0.3) is 0 Å². The second-order valence-corrected chi connectivity index (χ2v) is 4.47. The van der Waals surface area contributed by atoms with Gasteiger partial charge in [0.25, 0.3) is 0 Å². The summed E-state index contributed by atoms with van der Waals surface area (Å²) in [5.41, 5.74) is 3.96. The first-order valence-electron chi connectivity index (χ1n) is 6.20. The molecule has 0 spiro atoms. The lowest BCUT2D eigenvalue weighted by Crippen LogP contribution is -3.00. The quantitative estimate of drug-likeness (QED) is 0.711. The zero-order chi connectivity index (χ0) is 12.4. The highest BCUT2D eigenvalue weighted by Gasteiger charge is 2.17. The van der Waals surface area contributed by atoms with E-state index < -0.39 is 0 Å². The van der Waals surface area contributed by atoms with Gasteiger partial charge in [0.15, 0.2) is 12.8 Å². The van der Waals surface area contributed by atoms with Crippen LogP contribution >= 0.6 is 0 Å². The number of halogens is 1. The van der Waals surface area contributed by atoms with Crippen LogP contribution in [0.2, 0.25) is 0 Å². The molecule has 2 aromatic rings. The first-order valence-corrected chi connectivity index (χ1v) is 6.20. The van der Waals surface area contributed by atoms with Gasteiger partial charge < -0.3 is 21.7 Å². The van der Waals surface area contributed by atoms with E-state index in [9.17, 15) is 0 Å². The molecule has 0 bridgehead atoms. The van der Waals surface area contributed by atoms with Crippen LogP contribution in [0, 0.1) is 0 Å². The molecule has 1 heterocycles. The summed E-state index contributed by atoms with van der Waals surface area (Å²) in [6, 6.07) is 16.8. The minimum Gasteiger partial charge on any atom is -1.00 e. The minimum atomic E-state index is 0. The van der Waals surface area contributed by atoms with E-state index in [-0.39, 0.29) is 17.0 Å². The van der Waals surface area contributed by atoms with Crippen molar-refractivity contribution in [3.05, 3.63) is 59.7 Å². The molecule has 0 saturated carbocycles. The van der Waals surface area contributed by atoms with Gasteiger partial charge in [0.1, 0.15) is 5.75 Å². The monoisotopic (exact) mass is 317 g/mol. The van der Waals surface area contributed by atoms with Crippen LogP contribution in [-0.2, 0) is 6.42 Å². The van der Waals surface area contributed by atoms with E-state index in [0.717, 1.165) is 18.7 Å². The lowest BCUT2D eigenvalue weighted by atomic mass is 10.0. The molecule has 0 aromatic heterocycles. The maximum Gasteiger partial charge on any atom is 0.205 e. The van der Waals surface area contributed by atoms with Gasteiger partial charge in [-0.15, -0.1) is 0 Å². The number of methoxy groups -OCH3 is 1. The fraction of sp³-hybridized carbons (Fsp3) is 0.188. The summed E-state index contributed by atoms with van der Waals surface area (Å²) >= 11 is 0. The molecule has 0 radical (unpaired) electrons. The number of benzene rings is 2. The van der Waals surface area contributed by atoms with E-state index in [4.69, 9.17) is 4.74 Å². The Kier molecular flexibility index (Phi) is 4.38. The summed E-state index contributed by atoms with van der Waals surface area (Å²) in [6.07, 6.45) is 3.32. The Balaban J connectivity index is 0.00000133. The van der Waals surface area contributed by atoms with Crippen LogP contribution in [-0.4, -0.2) is 24.4 Å². The van der Waals surface area contributed by atoms with Crippen molar-refractivity contribution in [3.8, 4) is 5.75 Å². The molecule has 0 amide bonds. The molecule has 3 rings (SSSR count). The van der Waals surface area contributed by atoms with Gasteiger partial charge in [-0.3, -0.25) is 0 Å². The van der Waals surface area contributed by atoms with Gasteiger partial charge in [0, 0.05) is 24.1 Å². The standard InChI is InChI=1S/C16H16NO.BrH/c1-18-16-8-6-15(7-9-16)17-11-10-13-4-2-3-5-14(13)12-17;/h2-9,12H,10-11H2,1H3;1H/q+1;/p-1. The lowest BCUT2D eigenvalue weighted by molar-refractivity contribution is -0.436. The Morgan fingerprint density at radius 2 is 1.74 bits per heavy atom. The fourth-order valence-corrected chi connectivity index (χ4v) is 2.34. The largest absolute Gasteiger partial charge is 1.00 e. The number of nitrogens with zero attached hydrogens (tertiary/aromatic N) is 1. The van der Waals surface area contributed by atoms with Crippen LogP contribution in [0.3, 0.4) is 0 Å². The van der Waals surface area contributed by atoms with Crippen molar-refractivity contribution >= 4 is 11.9 Å². The van der Waals surface area contributed by atoms with Crippen LogP contribution < -0.4 is 21.7 Å². The molecular weight excluding hydrogens is 302 g/mol. The normalized spacial score (nSPS) is 13.0. The lowest BCUT2D eigenvalue weighted by Gasteiger charge is -2.11. The van der Waals surface area contributed by atoms with E-state index >= 15 is 0 Å². The Hall–Kier alpha value is -1.61. The SMILES string of the molecule is COc1ccc([N+]2=Cc3ccccc3CC2)cc1.[Br-]. The van der Waals surface area contributed by atoms with Gasteiger partial charge in [-0.2, -0.15) is 4.58 Å². The topological polar surface area (TPSA) is 12.2 Å². The van der Waals surface area contributed by atoms with Crippen molar-refractivity contribution in [2.75, 3.05) is 13.7 Å². The zero-order valence-electron chi connectivity index (χ0n) is 10.8. The number of rotatable bonds is 2. The molecule has 98 valence electrons. The smallest absolute Gasteiger partial charge is 0.205 e. The summed E-state index contributed by atoms with van der Waals surface area (Å²) in [5.74, 6) is 0.899. The Bertz CT molecular complexity index is 590. The van der Waals surface area contributed by atoms with E-state index in [1.165, 1.54) is 16.8 Å². The summed E-state index contributed by atoms with van der Waals surface area (Å²) in [4.78, 5) is 0. The predicted octanol–water partition coefficient (Wildman–Crippen LogP) is 0.0184. The highest BCUT2D eigenvalue weighted by atomic mass is 79.9. The average Bonchev–Trinajstić information content (AvgIpc) is 2.47. The molecule has 1 aliphatic rings. The maximum atomic E-state index is 5.18. The van der Waals surface area contributed by atoms with E-state index in [1.54, 1.807) is 7.11 Å².